The minimum Gasteiger partial charge on any atom is -0.389 e. The molecular weight excluding hydrogens is 422 g/mol. The molecule has 1 aromatic heterocycles. The number of nitrogens with zero attached hydrogens (tertiary/aromatic N) is 2. The van der Waals surface area contributed by atoms with Crippen LogP contribution in [0.5, 0.6) is 0 Å². The van der Waals surface area contributed by atoms with Gasteiger partial charge in [0.2, 0.25) is 0 Å². The highest BCUT2D eigenvalue weighted by molar-refractivity contribution is 9.10. The Morgan fingerprint density at radius 3 is 2.50 bits per heavy atom. The van der Waals surface area contributed by atoms with Crippen LogP contribution in [0.4, 0.5) is 11.4 Å². The van der Waals surface area contributed by atoms with Gasteiger partial charge in [0, 0.05) is 50.6 Å². The summed E-state index contributed by atoms with van der Waals surface area (Å²) >= 11 is 3.53. The van der Waals surface area contributed by atoms with E-state index in [0.29, 0.717) is 13.1 Å². The number of aromatic nitrogens is 1. The van der Waals surface area contributed by atoms with Crippen molar-refractivity contribution in [3.63, 3.8) is 0 Å². The van der Waals surface area contributed by atoms with Crippen molar-refractivity contribution in [2.24, 2.45) is 0 Å². The van der Waals surface area contributed by atoms with Crippen molar-refractivity contribution < 1.29 is 10.0 Å². The summed E-state index contributed by atoms with van der Waals surface area (Å²) < 4.78 is 3.14. The Bertz CT molecular complexity index is 1150. The Morgan fingerprint density at radius 1 is 1.04 bits per heavy atom. The first-order valence-electron chi connectivity index (χ1n) is 8.86. The smallest absolute Gasteiger partial charge is 0.269 e. The van der Waals surface area contributed by atoms with Gasteiger partial charge in [-0.15, -0.1) is 0 Å². The molecule has 0 fully saturated rings. The number of halogens is 1. The number of anilines is 1. The monoisotopic (exact) mass is 439 g/mol. The zero-order valence-corrected chi connectivity index (χ0v) is 16.5. The quantitative estimate of drug-likeness (QED) is 0.329. The van der Waals surface area contributed by atoms with Crippen LogP contribution in [0.3, 0.4) is 0 Å². The maximum atomic E-state index is 10.7. The molecule has 0 aliphatic heterocycles. The van der Waals surface area contributed by atoms with Crippen LogP contribution in [-0.2, 0) is 6.54 Å². The second-order valence-electron chi connectivity index (χ2n) is 6.63. The molecule has 0 spiro atoms. The molecule has 28 heavy (non-hydrogen) atoms. The summed E-state index contributed by atoms with van der Waals surface area (Å²) in [7, 11) is 0. The van der Waals surface area contributed by atoms with Gasteiger partial charge in [0.05, 0.1) is 17.6 Å². The Labute approximate surface area is 169 Å². The highest BCUT2D eigenvalue weighted by atomic mass is 79.9. The van der Waals surface area contributed by atoms with Crippen molar-refractivity contribution in [3.05, 3.63) is 81.3 Å². The fourth-order valence-corrected chi connectivity index (χ4v) is 3.80. The lowest BCUT2D eigenvalue weighted by atomic mass is 10.2. The van der Waals surface area contributed by atoms with Gasteiger partial charge in [0.25, 0.3) is 5.69 Å². The van der Waals surface area contributed by atoms with Crippen LogP contribution in [0.2, 0.25) is 0 Å². The summed E-state index contributed by atoms with van der Waals surface area (Å²) in [5.74, 6) is 0. The molecule has 1 heterocycles. The number of hydrogen-bond donors (Lipinski definition) is 2. The lowest BCUT2D eigenvalue weighted by Gasteiger charge is -2.15. The van der Waals surface area contributed by atoms with Gasteiger partial charge in [-0.1, -0.05) is 34.1 Å². The van der Waals surface area contributed by atoms with E-state index in [0.717, 1.165) is 32.0 Å². The van der Waals surface area contributed by atoms with Crippen LogP contribution in [0.1, 0.15) is 0 Å². The van der Waals surface area contributed by atoms with E-state index in [1.54, 1.807) is 12.1 Å². The van der Waals surface area contributed by atoms with Crippen LogP contribution < -0.4 is 5.32 Å². The first kappa shape index (κ1) is 18.5. The molecular formula is C21H18BrN3O3. The average Bonchev–Trinajstić information content (AvgIpc) is 3.00. The number of non-ortho nitro benzene ring substituents is 1. The fourth-order valence-electron chi connectivity index (χ4n) is 3.43. The van der Waals surface area contributed by atoms with Crippen molar-refractivity contribution >= 4 is 49.1 Å². The van der Waals surface area contributed by atoms with E-state index in [-0.39, 0.29) is 5.69 Å². The molecule has 3 aromatic carbocycles. The number of hydrogen-bond acceptors (Lipinski definition) is 4. The van der Waals surface area contributed by atoms with Crippen LogP contribution in [0, 0.1) is 10.1 Å². The van der Waals surface area contributed by atoms with Gasteiger partial charge in [-0.2, -0.15) is 0 Å². The SMILES string of the molecule is O=[N+]([O-])c1ccc(NCC(O)Cn2c3ccccc3c3cc(Br)ccc32)cc1. The second kappa shape index (κ2) is 7.61. The number of rotatable bonds is 6. The molecule has 0 aliphatic carbocycles. The standard InChI is InChI=1S/C21H18BrN3O3/c22-14-5-10-21-19(11-14)18-3-1-2-4-20(18)24(21)13-17(26)12-23-15-6-8-16(9-7-15)25(27)28/h1-11,17,23,26H,12-13H2. The Hall–Kier alpha value is -2.90. The first-order valence-corrected chi connectivity index (χ1v) is 9.65. The Balaban J connectivity index is 1.54. The maximum absolute atomic E-state index is 10.7. The van der Waals surface area contributed by atoms with E-state index in [2.05, 4.69) is 50.1 Å². The van der Waals surface area contributed by atoms with Crippen molar-refractivity contribution in [1.29, 1.82) is 0 Å². The van der Waals surface area contributed by atoms with E-state index in [9.17, 15) is 15.2 Å². The van der Waals surface area contributed by atoms with Gasteiger partial charge >= 0.3 is 0 Å². The zero-order valence-electron chi connectivity index (χ0n) is 14.9. The molecule has 0 amide bonds. The summed E-state index contributed by atoms with van der Waals surface area (Å²) in [6.07, 6.45) is -0.627. The maximum Gasteiger partial charge on any atom is 0.269 e. The molecule has 0 radical (unpaired) electrons. The van der Waals surface area contributed by atoms with Crippen LogP contribution >= 0.6 is 15.9 Å². The van der Waals surface area contributed by atoms with E-state index < -0.39 is 11.0 Å². The summed E-state index contributed by atoms with van der Waals surface area (Å²) in [6, 6.07) is 20.5. The predicted molar refractivity (Wildman–Crippen MR) is 115 cm³/mol. The van der Waals surface area contributed by atoms with Gasteiger partial charge in [-0.25, -0.2) is 0 Å². The molecule has 7 heteroatoms. The third-order valence-electron chi connectivity index (χ3n) is 4.75. The number of nitro benzene ring substituents is 1. The summed E-state index contributed by atoms with van der Waals surface area (Å²) in [5, 5.41) is 26.8. The van der Waals surface area contributed by atoms with E-state index >= 15 is 0 Å². The lowest BCUT2D eigenvalue weighted by molar-refractivity contribution is -0.384. The third-order valence-corrected chi connectivity index (χ3v) is 5.24. The van der Waals surface area contributed by atoms with Crippen molar-refractivity contribution in [1.82, 2.24) is 4.57 Å². The minimum atomic E-state index is -0.627. The second-order valence-corrected chi connectivity index (χ2v) is 7.54. The number of benzene rings is 3. The van der Waals surface area contributed by atoms with Gasteiger partial charge in [0.1, 0.15) is 0 Å². The zero-order chi connectivity index (χ0) is 19.7. The minimum absolute atomic E-state index is 0.0440. The van der Waals surface area contributed by atoms with Gasteiger partial charge in [0.15, 0.2) is 0 Å². The Morgan fingerprint density at radius 2 is 1.75 bits per heavy atom. The lowest BCUT2D eigenvalue weighted by Crippen LogP contribution is -2.24. The highest BCUT2D eigenvalue weighted by Gasteiger charge is 2.14. The van der Waals surface area contributed by atoms with E-state index in [1.165, 1.54) is 12.1 Å². The molecule has 6 nitrogen and oxygen atoms in total. The largest absolute Gasteiger partial charge is 0.389 e. The molecule has 142 valence electrons. The predicted octanol–water partition coefficient (Wildman–Crippen LogP) is 4.94. The van der Waals surface area contributed by atoms with Crippen molar-refractivity contribution in [3.8, 4) is 0 Å². The van der Waals surface area contributed by atoms with E-state index in [4.69, 9.17) is 0 Å². The van der Waals surface area contributed by atoms with Gasteiger partial charge in [-0.05, 0) is 36.4 Å². The third kappa shape index (κ3) is 3.58. The van der Waals surface area contributed by atoms with Crippen LogP contribution in [-0.4, -0.2) is 27.2 Å². The molecule has 0 saturated heterocycles. The van der Waals surface area contributed by atoms with Gasteiger partial charge in [-0.3, -0.25) is 10.1 Å². The summed E-state index contributed by atoms with van der Waals surface area (Å²) in [5.41, 5.74) is 2.92. The highest BCUT2D eigenvalue weighted by Crippen LogP contribution is 2.31. The average molecular weight is 440 g/mol. The molecule has 1 atom stereocenters. The molecule has 0 saturated carbocycles. The van der Waals surface area contributed by atoms with Gasteiger partial charge < -0.3 is 15.0 Å². The topological polar surface area (TPSA) is 80.3 Å². The molecule has 1 unspecified atom stereocenters. The van der Waals surface area contributed by atoms with Crippen LogP contribution in [0.15, 0.2) is 71.2 Å². The fraction of sp³-hybridized carbons (Fsp3) is 0.143. The number of nitrogens with one attached hydrogen (secondary N) is 1. The number of nitro groups is 1. The molecule has 0 aliphatic rings. The number of aliphatic hydroxyl groups excluding tert-OH is 1. The van der Waals surface area contributed by atoms with Crippen molar-refractivity contribution in [2.45, 2.75) is 12.6 Å². The summed E-state index contributed by atoms with van der Waals surface area (Å²) in [4.78, 5) is 10.3. The van der Waals surface area contributed by atoms with Crippen molar-refractivity contribution in [2.75, 3.05) is 11.9 Å². The number of fused-ring (bicyclic) bond motifs is 3. The normalized spacial score (nSPS) is 12.4. The molecule has 2 N–H and O–H groups in total. The van der Waals surface area contributed by atoms with Crippen LogP contribution in [0.25, 0.3) is 21.8 Å². The summed E-state index contributed by atoms with van der Waals surface area (Å²) in [6.45, 7) is 0.772. The molecule has 0 bridgehead atoms. The molecule has 4 aromatic rings. The Kier molecular flexibility index (Phi) is 5.02. The number of aliphatic hydroxyl groups is 1. The van der Waals surface area contributed by atoms with E-state index in [1.807, 2.05) is 18.2 Å². The first-order chi connectivity index (χ1) is 13.5. The molecule has 4 rings (SSSR count). The number of para-hydroxylation sites is 1.